The fourth-order valence-electron chi connectivity index (χ4n) is 2.31. The van der Waals surface area contributed by atoms with Gasteiger partial charge in [0.05, 0.1) is 7.11 Å². The number of nitrogens with one attached hydrogen (secondary N) is 1. The Morgan fingerprint density at radius 1 is 1.33 bits per heavy atom. The van der Waals surface area contributed by atoms with Crippen molar-refractivity contribution in [3.05, 3.63) is 53.5 Å². The molecule has 0 aliphatic heterocycles. The monoisotopic (exact) mass is 289 g/mol. The molecule has 0 spiro atoms. The number of hydrogen-bond donors (Lipinski definition) is 2. The molecule has 112 valence electrons. The third-order valence-electron chi connectivity index (χ3n) is 3.32. The van der Waals surface area contributed by atoms with Gasteiger partial charge in [-0.2, -0.15) is 0 Å². The second kappa shape index (κ2) is 7.04. The number of nitrogen functional groups attached to an aromatic ring is 1. The quantitative estimate of drug-likeness (QED) is 0.858. The molecule has 2 aromatic rings. The number of likely N-dealkylation sites (N-methyl/N-ethyl adjacent to an activating group) is 1. The summed E-state index contributed by atoms with van der Waals surface area (Å²) in [5, 5.41) is 3.30. The van der Waals surface area contributed by atoms with Gasteiger partial charge in [-0.3, -0.25) is 0 Å². The molecule has 0 aliphatic rings. The molecule has 21 heavy (non-hydrogen) atoms. The van der Waals surface area contributed by atoms with Crippen molar-refractivity contribution >= 4 is 5.82 Å². The molecule has 1 atom stereocenters. The van der Waals surface area contributed by atoms with Gasteiger partial charge >= 0.3 is 0 Å². The largest absolute Gasteiger partial charge is 0.497 e. The van der Waals surface area contributed by atoms with E-state index < -0.39 is 0 Å². The SMILES string of the molecule is CCNC(Cc1ccnc(N)c1)c1ccc(OC)cc1F. The summed E-state index contributed by atoms with van der Waals surface area (Å²) in [7, 11) is 1.52. The van der Waals surface area contributed by atoms with Crippen molar-refractivity contribution in [3.63, 3.8) is 0 Å². The van der Waals surface area contributed by atoms with E-state index in [1.165, 1.54) is 13.2 Å². The van der Waals surface area contributed by atoms with Crippen molar-refractivity contribution in [2.75, 3.05) is 19.4 Å². The van der Waals surface area contributed by atoms with Crippen LogP contribution in [0.25, 0.3) is 0 Å². The molecular formula is C16H20FN3O. The molecule has 0 amide bonds. The number of ether oxygens (including phenoxy) is 1. The lowest BCUT2D eigenvalue weighted by molar-refractivity contribution is 0.409. The van der Waals surface area contributed by atoms with Crippen LogP contribution >= 0.6 is 0 Å². The molecule has 1 heterocycles. The minimum absolute atomic E-state index is 0.122. The average molecular weight is 289 g/mol. The molecule has 1 unspecified atom stereocenters. The molecule has 0 saturated heterocycles. The van der Waals surface area contributed by atoms with Crippen LogP contribution in [0.4, 0.5) is 10.2 Å². The van der Waals surface area contributed by atoms with Crippen molar-refractivity contribution in [2.24, 2.45) is 0 Å². The lowest BCUT2D eigenvalue weighted by Gasteiger charge is -2.19. The first-order chi connectivity index (χ1) is 10.1. The highest BCUT2D eigenvalue weighted by Crippen LogP contribution is 2.25. The third-order valence-corrected chi connectivity index (χ3v) is 3.32. The van der Waals surface area contributed by atoms with Gasteiger partial charge in [-0.15, -0.1) is 0 Å². The number of nitrogens with zero attached hydrogens (tertiary/aromatic N) is 1. The zero-order valence-electron chi connectivity index (χ0n) is 12.3. The van der Waals surface area contributed by atoms with Crippen LogP contribution in [0.1, 0.15) is 24.1 Å². The van der Waals surface area contributed by atoms with Gasteiger partial charge in [-0.1, -0.05) is 13.0 Å². The van der Waals surface area contributed by atoms with Crippen LogP contribution in [0.5, 0.6) is 5.75 Å². The van der Waals surface area contributed by atoms with Crippen LogP contribution in [0, 0.1) is 5.82 Å². The maximum absolute atomic E-state index is 14.2. The summed E-state index contributed by atoms with van der Waals surface area (Å²) in [6, 6.07) is 8.51. The van der Waals surface area contributed by atoms with Crippen LogP contribution in [-0.2, 0) is 6.42 Å². The Labute approximate surface area is 124 Å². The van der Waals surface area contributed by atoms with E-state index in [9.17, 15) is 4.39 Å². The zero-order chi connectivity index (χ0) is 15.2. The molecule has 1 aromatic carbocycles. The Hall–Kier alpha value is -2.14. The molecule has 0 saturated carbocycles. The summed E-state index contributed by atoms with van der Waals surface area (Å²) in [4.78, 5) is 3.97. The third kappa shape index (κ3) is 3.92. The predicted molar refractivity (Wildman–Crippen MR) is 81.7 cm³/mol. The summed E-state index contributed by atoms with van der Waals surface area (Å²) in [5.74, 6) is 0.708. The van der Waals surface area contributed by atoms with Crippen LogP contribution in [0.2, 0.25) is 0 Å². The van der Waals surface area contributed by atoms with Gasteiger partial charge in [0.1, 0.15) is 17.4 Å². The summed E-state index contributed by atoms with van der Waals surface area (Å²) in [5.41, 5.74) is 7.33. The Morgan fingerprint density at radius 2 is 2.14 bits per heavy atom. The van der Waals surface area contributed by atoms with Crippen molar-refractivity contribution in [1.29, 1.82) is 0 Å². The minimum atomic E-state index is -0.276. The predicted octanol–water partition coefficient (Wildman–Crippen LogP) is 2.70. The van der Waals surface area contributed by atoms with Crippen LogP contribution in [0.3, 0.4) is 0 Å². The number of aromatic nitrogens is 1. The second-order valence-electron chi connectivity index (χ2n) is 4.79. The molecule has 0 radical (unpaired) electrons. The van der Waals surface area contributed by atoms with Crippen LogP contribution < -0.4 is 15.8 Å². The summed E-state index contributed by atoms with van der Waals surface area (Å²) < 4.78 is 19.3. The van der Waals surface area contributed by atoms with Gasteiger partial charge in [-0.05, 0) is 36.7 Å². The Balaban J connectivity index is 2.26. The highest BCUT2D eigenvalue weighted by Gasteiger charge is 2.16. The summed E-state index contributed by atoms with van der Waals surface area (Å²) in [6.45, 7) is 2.74. The average Bonchev–Trinajstić information content (AvgIpc) is 2.47. The van der Waals surface area contributed by atoms with E-state index in [-0.39, 0.29) is 11.9 Å². The summed E-state index contributed by atoms with van der Waals surface area (Å²) in [6.07, 6.45) is 2.31. The maximum Gasteiger partial charge on any atom is 0.131 e. The molecule has 1 aromatic heterocycles. The molecule has 0 fully saturated rings. The lowest BCUT2D eigenvalue weighted by atomic mass is 9.98. The molecule has 0 bridgehead atoms. The van der Waals surface area contributed by atoms with Crippen molar-refractivity contribution in [1.82, 2.24) is 10.3 Å². The summed E-state index contributed by atoms with van der Waals surface area (Å²) >= 11 is 0. The highest BCUT2D eigenvalue weighted by atomic mass is 19.1. The van der Waals surface area contributed by atoms with Crippen molar-refractivity contribution < 1.29 is 9.13 Å². The lowest BCUT2D eigenvalue weighted by Crippen LogP contribution is -2.24. The smallest absolute Gasteiger partial charge is 0.131 e. The molecule has 2 rings (SSSR count). The van der Waals surface area contributed by atoms with E-state index in [2.05, 4.69) is 10.3 Å². The number of benzene rings is 1. The minimum Gasteiger partial charge on any atom is -0.497 e. The molecule has 5 heteroatoms. The van der Waals surface area contributed by atoms with E-state index in [1.54, 1.807) is 18.3 Å². The van der Waals surface area contributed by atoms with Gasteiger partial charge in [0.25, 0.3) is 0 Å². The molecule has 0 aliphatic carbocycles. The fourth-order valence-corrected chi connectivity index (χ4v) is 2.31. The number of halogens is 1. The van der Waals surface area contributed by atoms with E-state index in [1.807, 2.05) is 19.1 Å². The molecule has 4 nitrogen and oxygen atoms in total. The van der Waals surface area contributed by atoms with E-state index >= 15 is 0 Å². The first-order valence-corrected chi connectivity index (χ1v) is 6.91. The van der Waals surface area contributed by atoms with Crippen LogP contribution in [-0.4, -0.2) is 18.6 Å². The molecule has 3 N–H and O–H groups in total. The van der Waals surface area contributed by atoms with Crippen LogP contribution in [0.15, 0.2) is 36.5 Å². The fraction of sp³-hybridized carbons (Fsp3) is 0.312. The van der Waals surface area contributed by atoms with Gasteiger partial charge in [-0.25, -0.2) is 9.37 Å². The van der Waals surface area contributed by atoms with Gasteiger partial charge < -0.3 is 15.8 Å². The normalized spacial score (nSPS) is 12.1. The Kier molecular flexibility index (Phi) is 5.11. The standard InChI is InChI=1S/C16H20FN3O/c1-3-19-15(8-11-6-7-20-16(18)9-11)13-5-4-12(21-2)10-14(13)17/h4-7,9-10,15,19H,3,8H2,1-2H3,(H2,18,20). The van der Waals surface area contributed by atoms with Crippen molar-refractivity contribution in [3.8, 4) is 5.75 Å². The Morgan fingerprint density at radius 3 is 2.76 bits per heavy atom. The first-order valence-electron chi connectivity index (χ1n) is 6.91. The Bertz CT molecular complexity index is 604. The van der Waals surface area contributed by atoms with Crippen molar-refractivity contribution in [2.45, 2.75) is 19.4 Å². The first kappa shape index (κ1) is 15.3. The number of rotatable bonds is 6. The maximum atomic E-state index is 14.2. The second-order valence-corrected chi connectivity index (χ2v) is 4.79. The van der Waals surface area contributed by atoms with Gasteiger partial charge in [0, 0.05) is 23.9 Å². The van der Waals surface area contributed by atoms with Gasteiger partial charge in [0.15, 0.2) is 0 Å². The van der Waals surface area contributed by atoms with E-state index in [0.717, 1.165) is 12.1 Å². The van der Waals surface area contributed by atoms with E-state index in [4.69, 9.17) is 10.5 Å². The number of anilines is 1. The number of methoxy groups -OCH3 is 1. The molecular weight excluding hydrogens is 269 g/mol. The zero-order valence-corrected chi connectivity index (χ0v) is 12.3. The topological polar surface area (TPSA) is 60.2 Å². The number of hydrogen-bond acceptors (Lipinski definition) is 4. The number of pyridine rings is 1. The highest BCUT2D eigenvalue weighted by molar-refractivity contribution is 5.35. The van der Waals surface area contributed by atoms with Gasteiger partial charge in [0.2, 0.25) is 0 Å². The van der Waals surface area contributed by atoms with E-state index in [0.29, 0.717) is 23.6 Å². The number of nitrogens with two attached hydrogens (primary N) is 1.